The zero-order valence-electron chi connectivity index (χ0n) is 11.2. The van der Waals surface area contributed by atoms with Gasteiger partial charge in [-0.15, -0.1) is 0 Å². The van der Waals surface area contributed by atoms with Gasteiger partial charge in [-0.25, -0.2) is 13.1 Å². The van der Waals surface area contributed by atoms with E-state index in [1.165, 1.54) is 0 Å². The first-order chi connectivity index (χ1) is 9.51. The molecule has 0 amide bonds. The third kappa shape index (κ3) is 3.66. The van der Waals surface area contributed by atoms with Crippen molar-refractivity contribution in [1.82, 2.24) is 4.72 Å². The molecule has 0 aliphatic rings. The summed E-state index contributed by atoms with van der Waals surface area (Å²) in [6, 6.07) is 13.9. The van der Waals surface area contributed by atoms with Crippen molar-refractivity contribution in [1.29, 1.82) is 0 Å². The minimum atomic E-state index is -3.49. The second-order valence-electron chi connectivity index (χ2n) is 4.61. The molecule has 0 saturated carbocycles. The Kier molecular flexibility index (Phi) is 4.54. The molecule has 0 aliphatic carbocycles. The molecule has 0 aromatic heterocycles. The minimum absolute atomic E-state index is 0.0185. The van der Waals surface area contributed by atoms with E-state index in [9.17, 15) is 8.42 Å². The van der Waals surface area contributed by atoms with E-state index in [0.717, 1.165) is 16.7 Å². The summed E-state index contributed by atoms with van der Waals surface area (Å²) in [6.45, 7) is 2.11. The maximum Gasteiger partial charge on any atom is 0.240 e. The Morgan fingerprint density at radius 2 is 1.50 bits per heavy atom. The molecular weight excluding hydrogens is 274 g/mol. The Hall–Kier alpha value is -1.69. The summed E-state index contributed by atoms with van der Waals surface area (Å²) < 4.78 is 26.7. The lowest BCUT2D eigenvalue weighted by Crippen LogP contribution is -2.23. The lowest BCUT2D eigenvalue weighted by molar-refractivity contribution is 0.282. The molecule has 0 fully saturated rings. The first-order valence-corrected chi connectivity index (χ1v) is 7.74. The number of nitrogens with one attached hydrogen (secondary N) is 1. The van der Waals surface area contributed by atoms with Crippen LogP contribution in [0.3, 0.4) is 0 Å². The fraction of sp³-hybridized carbons (Fsp3) is 0.200. The molecule has 0 aliphatic heterocycles. The van der Waals surface area contributed by atoms with Crippen LogP contribution in [0.5, 0.6) is 0 Å². The number of rotatable bonds is 5. The summed E-state index contributed by atoms with van der Waals surface area (Å²) in [5, 5.41) is 8.95. The van der Waals surface area contributed by atoms with Gasteiger partial charge in [-0.05, 0) is 30.2 Å². The van der Waals surface area contributed by atoms with E-state index in [2.05, 4.69) is 4.72 Å². The first kappa shape index (κ1) is 14.7. The molecule has 106 valence electrons. The molecule has 2 aromatic rings. The van der Waals surface area contributed by atoms with Gasteiger partial charge in [0.2, 0.25) is 10.0 Å². The van der Waals surface area contributed by atoms with Gasteiger partial charge < -0.3 is 5.11 Å². The van der Waals surface area contributed by atoms with Gasteiger partial charge in [0.05, 0.1) is 11.5 Å². The average Bonchev–Trinajstić information content (AvgIpc) is 2.46. The normalized spacial score (nSPS) is 11.5. The van der Waals surface area contributed by atoms with Crippen molar-refractivity contribution in [2.45, 2.75) is 25.0 Å². The Labute approximate surface area is 119 Å². The number of benzene rings is 2. The molecule has 0 spiro atoms. The van der Waals surface area contributed by atoms with Gasteiger partial charge in [0, 0.05) is 6.54 Å². The summed E-state index contributed by atoms with van der Waals surface area (Å²) in [7, 11) is -3.49. The number of hydrogen-bond donors (Lipinski definition) is 2. The van der Waals surface area contributed by atoms with Crippen LogP contribution in [0, 0.1) is 6.92 Å². The number of aryl methyl sites for hydroxylation is 1. The van der Waals surface area contributed by atoms with Crippen LogP contribution in [0.1, 0.15) is 16.7 Å². The fourth-order valence-corrected chi connectivity index (χ4v) is 2.76. The van der Waals surface area contributed by atoms with Gasteiger partial charge in [-0.3, -0.25) is 0 Å². The lowest BCUT2D eigenvalue weighted by atomic mass is 10.1. The highest BCUT2D eigenvalue weighted by atomic mass is 32.2. The smallest absolute Gasteiger partial charge is 0.240 e. The van der Waals surface area contributed by atoms with Crippen molar-refractivity contribution in [3.05, 3.63) is 65.2 Å². The van der Waals surface area contributed by atoms with Crippen LogP contribution in [0.25, 0.3) is 0 Å². The zero-order chi connectivity index (χ0) is 14.6. The highest BCUT2D eigenvalue weighted by Gasteiger charge is 2.12. The molecule has 5 heteroatoms. The fourth-order valence-electron chi connectivity index (χ4n) is 1.74. The van der Waals surface area contributed by atoms with Crippen LogP contribution in [0.4, 0.5) is 0 Å². The van der Waals surface area contributed by atoms with Gasteiger partial charge >= 0.3 is 0 Å². The highest BCUT2D eigenvalue weighted by molar-refractivity contribution is 7.89. The molecule has 0 saturated heterocycles. The van der Waals surface area contributed by atoms with Gasteiger partial charge in [0.1, 0.15) is 0 Å². The maximum atomic E-state index is 12.1. The van der Waals surface area contributed by atoms with Crippen LogP contribution in [0.2, 0.25) is 0 Å². The van der Waals surface area contributed by atoms with E-state index in [-0.39, 0.29) is 18.0 Å². The summed E-state index contributed by atoms with van der Waals surface area (Å²) in [4.78, 5) is 0.259. The number of aliphatic hydroxyl groups is 1. The second-order valence-corrected chi connectivity index (χ2v) is 6.38. The Morgan fingerprint density at radius 3 is 2.05 bits per heavy atom. The van der Waals surface area contributed by atoms with Gasteiger partial charge in [0.15, 0.2) is 0 Å². The van der Waals surface area contributed by atoms with Crippen molar-refractivity contribution in [3.8, 4) is 0 Å². The molecule has 0 unspecified atom stereocenters. The van der Waals surface area contributed by atoms with Crippen molar-refractivity contribution < 1.29 is 13.5 Å². The van der Waals surface area contributed by atoms with Crippen molar-refractivity contribution in [2.75, 3.05) is 0 Å². The molecule has 2 N–H and O–H groups in total. The van der Waals surface area contributed by atoms with Crippen LogP contribution < -0.4 is 4.72 Å². The van der Waals surface area contributed by atoms with Gasteiger partial charge in [0.25, 0.3) is 0 Å². The number of hydrogen-bond acceptors (Lipinski definition) is 3. The Bertz CT molecular complexity index is 661. The first-order valence-electron chi connectivity index (χ1n) is 6.26. The molecule has 2 rings (SSSR count). The monoisotopic (exact) mass is 291 g/mol. The Balaban J connectivity index is 2.06. The molecule has 2 aromatic carbocycles. The zero-order valence-corrected chi connectivity index (χ0v) is 12.0. The number of aliphatic hydroxyl groups excluding tert-OH is 1. The van der Waals surface area contributed by atoms with Crippen LogP contribution in [-0.4, -0.2) is 13.5 Å². The predicted octanol–water partition coefficient (Wildman–Crippen LogP) is 1.97. The molecule has 0 radical (unpaired) electrons. The third-order valence-electron chi connectivity index (χ3n) is 3.00. The second kappa shape index (κ2) is 6.17. The molecular formula is C15H17NO3S. The minimum Gasteiger partial charge on any atom is -0.392 e. The third-order valence-corrected chi connectivity index (χ3v) is 4.42. The van der Waals surface area contributed by atoms with Crippen molar-refractivity contribution >= 4 is 10.0 Å². The highest BCUT2D eigenvalue weighted by Crippen LogP contribution is 2.11. The van der Waals surface area contributed by atoms with E-state index in [4.69, 9.17) is 5.11 Å². The van der Waals surface area contributed by atoms with Crippen LogP contribution >= 0.6 is 0 Å². The van der Waals surface area contributed by atoms with E-state index >= 15 is 0 Å². The average molecular weight is 291 g/mol. The van der Waals surface area contributed by atoms with Gasteiger partial charge in [-0.1, -0.05) is 42.0 Å². The summed E-state index contributed by atoms with van der Waals surface area (Å²) in [6.07, 6.45) is 0. The van der Waals surface area contributed by atoms with E-state index in [1.54, 1.807) is 48.5 Å². The Morgan fingerprint density at radius 1 is 0.950 bits per heavy atom. The molecule has 4 nitrogen and oxygen atoms in total. The number of sulfonamides is 1. The molecule has 0 bridgehead atoms. The molecule has 0 heterocycles. The van der Waals surface area contributed by atoms with Crippen molar-refractivity contribution in [2.24, 2.45) is 0 Å². The van der Waals surface area contributed by atoms with E-state index < -0.39 is 10.0 Å². The summed E-state index contributed by atoms with van der Waals surface area (Å²) in [5.41, 5.74) is 2.66. The maximum absolute atomic E-state index is 12.1. The van der Waals surface area contributed by atoms with Gasteiger partial charge in [-0.2, -0.15) is 0 Å². The standard InChI is InChI=1S/C15H17NO3S/c1-12-2-8-15(9-3-12)20(18,19)16-10-13-4-6-14(11-17)7-5-13/h2-9,16-17H,10-11H2,1H3. The lowest BCUT2D eigenvalue weighted by Gasteiger charge is -2.07. The quantitative estimate of drug-likeness (QED) is 0.885. The van der Waals surface area contributed by atoms with Crippen LogP contribution in [0.15, 0.2) is 53.4 Å². The largest absolute Gasteiger partial charge is 0.392 e. The molecule has 20 heavy (non-hydrogen) atoms. The molecule has 0 atom stereocenters. The van der Waals surface area contributed by atoms with E-state index in [0.29, 0.717) is 0 Å². The van der Waals surface area contributed by atoms with Crippen molar-refractivity contribution in [3.63, 3.8) is 0 Å². The summed E-state index contributed by atoms with van der Waals surface area (Å²) in [5.74, 6) is 0. The summed E-state index contributed by atoms with van der Waals surface area (Å²) >= 11 is 0. The SMILES string of the molecule is Cc1ccc(S(=O)(=O)NCc2ccc(CO)cc2)cc1. The topological polar surface area (TPSA) is 66.4 Å². The predicted molar refractivity (Wildman–Crippen MR) is 77.6 cm³/mol. The van der Waals surface area contributed by atoms with Crippen LogP contribution in [-0.2, 0) is 23.2 Å². The van der Waals surface area contributed by atoms with E-state index in [1.807, 2.05) is 6.92 Å².